The Balaban J connectivity index is 3.91. The zero-order valence-electron chi connectivity index (χ0n) is 7.44. The van der Waals surface area contributed by atoms with Crippen LogP contribution in [0.2, 0.25) is 0 Å². The standard InChI is InChI=1S/C9H17N/c1-5-8(3)7-10-9(4)6-2/h7H,5-6H2,1-4H3/b8-7-,10-9?. The molecule has 0 rings (SSSR count). The van der Waals surface area contributed by atoms with E-state index in [4.69, 9.17) is 0 Å². The quantitative estimate of drug-likeness (QED) is 0.532. The molecule has 58 valence electrons. The summed E-state index contributed by atoms with van der Waals surface area (Å²) in [6.45, 7) is 8.42. The molecule has 10 heavy (non-hydrogen) atoms. The Kier molecular flexibility index (Phi) is 4.91. The van der Waals surface area contributed by atoms with Gasteiger partial charge in [0.05, 0.1) is 0 Å². The van der Waals surface area contributed by atoms with Gasteiger partial charge in [-0.2, -0.15) is 0 Å². The van der Waals surface area contributed by atoms with E-state index in [9.17, 15) is 0 Å². The van der Waals surface area contributed by atoms with Crippen LogP contribution >= 0.6 is 0 Å². The molecule has 0 amide bonds. The molecule has 0 fully saturated rings. The van der Waals surface area contributed by atoms with Crippen molar-refractivity contribution in [3.63, 3.8) is 0 Å². The zero-order valence-corrected chi connectivity index (χ0v) is 7.44. The summed E-state index contributed by atoms with van der Waals surface area (Å²) < 4.78 is 0. The first-order valence-electron chi connectivity index (χ1n) is 3.89. The lowest BCUT2D eigenvalue weighted by atomic mass is 10.2. The number of allylic oxidation sites excluding steroid dienone is 1. The molecule has 0 atom stereocenters. The van der Waals surface area contributed by atoms with Crippen LogP contribution in [-0.4, -0.2) is 5.71 Å². The molecule has 0 aliphatic rings. The number of nitrogens with zero attached hydrogens (tertiary/aromatic N) is 1. The smallest absolute Gasteiger partial charge is 0.0256 e. The van der Waals surface area contributed by atoms with Crippen molar-refractivity contribution < 1.29 is 0 Å². The lowest BCUT2D eigenvalue weighted by Crippen LogP contribution is -1.84. The minimum atomic E-state index is 1.05. The third kappa shape index (κ3) is 4.30. The highest BCUT2D eigenvalue weighted by Crippen LogP contribution is 1.98. The monoisotopic (exact) mass is 139 g/mol. The minimum absolute atomic E-state index is 1.05. The normalized spacial score (nSPS) is 14.0. The summed E-state index contributed by atoms with van der Waals surface area (Å²) in [6.07, 6.45) is 4.10. The van der Waals surface area contributed by atoms with Crippen LogP contribution in [0, 0.1) is 0 Å². The number of rotatable bonds is 3. The summed E-state index contributed by atoms with van der Waals surface area (Å²) in [5, 5.41) is 0. The van der Waals surface area contributed by atoms with E-state index in [1.165, 1.54) is 11.3 Å². The SMILES string of the molecule is CCC(C)=N/C=C(/C)CC. The summed E-state index contributed by atoms with van der Waals surface area (Å²) in [4.78, 5) is 4.27. The highest BCUT2D eigenvalue weighted by Gasteiger charge is 1.82. The van der Waals surface area contributed by atoms with E-state index in [-0.39, 0.29) is 0 Å². The van der Waals surface area contributed by atoms with Crippen molar-refractivity contribution in [2.45, 2.75) is 40.5 Å². The van der Waals surface area contributed by atoms with Crippen molar-refractivity contribution in [3.05, 3.63) is 11.8 Å². The number of aliphatic imine (C=N–C) groups is 1. The minimum Gasteiger partial charge on any atom is -0.266 e. The average Bonchev–Trinajstić information content (AvgIpc) is 1.99. The summed E-state index contributed by atoms with van der Waals surface area (Å²) in [7, 11) is 0. The molecule has 0 N–H and O–H groups in total. The summed E-state index contributed by atoms with van der Waals surface area (Å²) in [6, 6.07) is 0. The first-order valence-corrected chi connectivity index (χ1v) is 3.89. The van der Waals surface area contributed by atoms with Crippen LogP contribution in [0.5, 0.6) is 0 Å². The predicted molar refractivity (Wildman–Crippen MR) is 47.4 cm³/mol. The Labute approximate surface area is 63.9 Å². The van der Waals surface area contributed by atoms with Crippen LogP contribution in [0.4, 0.5) is 0 Å². The third-order valence-electron chi connectivity index (χ3n) is 1.57. The fraction of sp³-hybridized carbons (Fsp3) is 0.667. The Bertz CT molecular complexity index is 125. The van der Waals surface area contributed by atoms with E-state index in [0.29, 0.717) is 0 Å². The van der Waals surface area contributed by atoms with E-state index in [2.05, 4.69) is 32.7 Å². The highest BCUT2D eigenvalue weighted by atomic mass is 14.7. The van der Waals surface area contributed by atoms with Crippen LogP contribution in [0.1, 0.15) is 40.5 Å². The van der Waals surface area contributed by atoms with Crippen molar-refractivity contribution in [1.29, 1.82) is 0 Å². The van der Waals surface area contributed by atoms with Crippen molar-refractivity contribution in [2.75, 3.05) is 0 Å². The summed E-state index contributed by atoms with van der Waals surface area (Å²) in [5.41, 5.74) is 2.54. The Morgan fingerprint density at radius 3 is 2.20 bits per heavy atom. The molecule has 0 aromatic rings. The van der Waals surface area contributed by atoms with Gasteiger partial charge < -0.3 is 0 Å². The fourth-order valence-electron chi connectivity index (χ4n) is 0.403. The van der Waals surface area contributed by atoms with Gasteiger partial charge in [0.2, 0.25) is 0 Å². The molecule has 0 bridgehead atoms. The second-order valence-corrected chi connectivity index (χ2v) is 2.55. The van der Waals surface area contributed by atoms with Gasteiger partial charge in [0.25, 0.3) is 0 Å². The van der Waals surface area contributed by atoms with Gasteiger partial charge in [-0.25, -0.2) is 0 Å². The third-order valence-corrected chi connectivity index (χ3v) is 1.57. The van der Waals surface area contributed by atoms with E-state index in [0.717, 1.165) is 12.8 Å². The van der Waals surface area contributed by atoms with Gasteiger partial charge in [-0.15, -0.1) is 0 Å². The van der Waals surface area contributed by atoms with E-state index >= 15 is 0 Å². The molecule has 1 nitrogen and oxygen atoms in total. The van der Waals surface area contributed by atoms with Crippen molar-refractivity contribution in [2.24, 2.45) is 4.99 Å². The molecule has 0 unspecified atom stereocenters. The molecule has 0 spiro atoms. The van der Waals surface area contributed by atoms with Gasteiger partial charge in [-0.05, 0) is 26.7 Å². The maximum absolute atomic E-state index is 4.27. The van der Waals surface area contributed by atoms with E-state index < -0.39 is 0 Å². The average molecular weight is 139 g/mol. The number of hydrogen-bond acceptors (Lipinski definition) is 1. The van der Waals surface area contributed by atoms with Crippen LogP contribution in [0.25, 0.3) is 0 Å². The maximum atomic E-state index is 4.27. The van der Waals surface area contributed by atoms with Crippen molar-refractivity contribution in [3.8, 4) is 0 Å². The van der Waals surface area contributed by atoms with E-state index in [1.54, 1.807) is 0 Å². The number of hydrogen-bond donors (Lipinski definition) is 0. The van der Waals surface area contributed by atoms with Crippen molar-refractivity contribution >= 4 is 5.71 Å². The van der Waals surface area contributed by atoms with Crippen LogP contribution in [-0.2, 0) is 0 Å². The van der Waals surface area contributed by atoms with Crippen LogP contribution < -0.4 is 0 Å². The largest absolute Gasteiger partial charge is 0.266 e. The second-order valence-electron chi connectivity index (χ2n) is 2.55. The Morgan fingerprint density at radius 2 is 1.80 bits per heavy atom. The lowest BCUT2D eigenvalue weighted by Gasteiger charge is -1.92. The van der Waals surface area contributed by atoms with Gasteiger partial charge in [0, 0.05) is 11.9 Å². The lowest BCUT2D eigenvalue weighted by molar-refractivity contribution is 1.08. The first kappa shape index (κ1) is 9.41. The van der Waals surface area contributed by atoms with Gasteiger partial charge in [0.1, 0.15) is 0 Å². The van der Waals surface area contributed by atoms with Gasteiger partial charge in [-0.1, -0.05) is 19.4 Å². The van der Waals surface area contributed by atoms with Gasteiger partial charge in [-0.3, -0.25) is 4.99 Å². The fourth-order valence-corrected chi connectivity index (χ4v) is 0.403. The first-order chi connectivity index (χ1) is 4.70. The molecule has 0 saturated carbocycles. The van der Waals surface area contributed by atoms with Gasteiger partial charge >= 0.3 is 0 Å². The molecular weight excluding hydrogens is 122 g/mol. The van der Waals surface area contributed by atoms with Gasteiger partial charge in [0.15, 0.2) is 0 Å². The summed E-state index contributed by atoms with van der Waals surface area (Å²) in [5.74, 6) is 0. The maximum Gasteiger partial charge on any atom is 0.0256 e. The molecular formula is C9H17N. The molecule has 0 aromatic carbocycles. The highest BCUT2D eigenvalue weighted by molar-refractivity contribution is 5.82. The molecule has 1 heteroatoms. The van der Waals surface area contributed by atoms with Crippen LogP contribution in [0.15, 0.2) is 16.8 Å². The molecule has 0 saturated heterocycles. The predicted octanol–water partition coefficient (Wildman–Crippen LogP) is 3.17. The Hall–Kier alpha value is -0.590. The van der Waals surface area contributed by atoms with Crippen molar-refractivity contribution in [1.82, 2.24) is 0 Å². The molecule has 0 aliphatic heterocycles. The second kappa shape index (κ2) is 5.21. The molecule has 0 aliphatic carbocycles. The molecule has 0 heterocycles. The van der Waals surface area contributed by atoms with Crippen LogP contribution in [0.3, 0.4) is 0 Å². The van der Waals surface area contributed by atoms with E-state index in [1.807, 2.05) is 6.20 Å². The zero-order chi connectivity index (χ0) is 7.98. The topological polar surface area (TPSA) is 12.4 Å². The molecule has 0 radical (unpaired) electrons. The molecule has 0 aromatic heterocycles. The summed E-state index contributed by atoms with van der Waals surface area (Å²) >= 11 is 0. The Morgan fingerprint density at radius 1 is 1.20 bits per heavy atom.